The van der Waals surface area contributed by atoms with E-state index in [0.29, 0.717) is 23.8 Å². The molecule has 0 aromatic carbocycles. The number of aromatic nitrogens is 1. The van der Waals surface area contributed by atoms with Crippen molar-refractivity contribution in [3.63, 3.8) is 0 Å². The molecule has 0 spiro atoms. The first-order chi connectivity index (χ1) is 7.99. The van der Waals surface area contributed by atoms with Crippen molar-refractivity contribution in [2.45, 2.75) is 33.6 Å². The first-order valence-electron chi connectivity index (χ1n) is 5.96. The first-order valence-corrected chi connectivity index (χ1v) is 6.34. The van der Waals surface area contributed by atoms with Gasteiger partial charge in [0.05, 0.1) is 0 Å². The zero-order valence-corrected chi connectivity index (χ0v) is 11.6. The number of amides is 1. The van der Waals surface area contributed by atoms with Crippen molar-refractivity contribution in [2.75, 3.05) is 13.1 Å². The maximum Gasteiger partial charge on any atom is 0.254 e. The summed E-state index contributed by atoms with van der Waals surface area (Å²) in [6.07, 6.45) is 0. The summed E-state index contributed by atoms with van der Waals surface area (Å²) in [7, 11) is 0. The van der Waals surface area contributed by atoms with Gasteiger partial charge >= 0.3 is 0 Å². The van der Waals surface area contributed by atoms with E-state index in [9.17, 15) is 4.79 Å². The Hall–Kier alpha value is -1.09. The van der Waals surface area contributed by atoms with Crippen molar-refractivity contribution in [2.24, 2.45) is 0 Å². The molecule has 94 valence electrons. The maximum absolute atomic E-state index is 12.2. The molecule has 1 aromatic rings. The van der Waals surface area contributed by atoms with Crippen LogP contribution < -0.4 is 0 Å². The molecule has 0 unspecified atom stereocenters. The Morgan fingerprint density at radius 2 is 1.94 bits per heavy atom. The first kappa shape index (κ1) is 14.0. The van der Waals surface area contributed by atoms with Gasteiger partial charge in [-0.1, -0.05) is 25.4 Å². The van der Waals surface area contributed by atoms with Gasteiger partial charge in [-0.25, -0.2) is 4.98 Å². The Morgan fingerprint density at radius 3 is 2.41 bits per heavy atom. The molecule has 1 amide bonds. The van der Waals surface area contributed by atoms with Gasteiger partial charge in [0.25, 0.3) is 5.91 Å². The highest BCUT2D eigenvalue weighted by Gasteiger charge is 2.15. The summed E-state index contributed by atoms with van der Waals surface area (Å²) in [4.78, 5) is 18.2. The fraction of sp³-hybridized carbons (Fsp3) is 0.538. The van der Waals surface area contributed by atoms with Gasteiger partial charge in [0.1, 0.15) is 5.15 Å². The smallest absolute Gasteiger partial charge is 0.254 e. The van der Waals surface area contributed by atoms with Crippen molar-refractivity contribution in [3.8, 4) is 0 Å². The largest absolute Gasteiger partial charge is 0.339 e. The SMILES string of the molecule is CCN(CC)C(=O)c1cc(Cl)nc(C(C)C)c1. The maximum atomic E-state index is 12.2. The molecule has 0 aliphatic rings. The van der Waals surface area contributed by atoms with Crippen LogP contribution in [0.3, 0.4) is 0 Å². The molecule has 0 N–H and O–H groups in total. The minimum atomic E-state index is 0.0150. The highest BCUT2D eigenvalue weighted by Crippen LogP contribution is 2.18. The Kier molecular flexibility index (Phi) is 4.94. The van der Waals surface area contributed by atoms with Crippen molar-refractivity contribution in [1.29, 1.82) is 0 Å². The lowest BCUT2D eigenvalue weighted by molar-refractivity contribution is 0.0772. The Labute approximate surface area is 108 Å². The Balaban J connectivity index is 3.09. The summed E-state index contributed by atoms with van der Waals surface area (Å²) >= 11 is 5.95. The van der Waals surface area contributed by atoms with Crippen LogP contribution in [0.2, 0.25) is 5.15 Å². The predicted molar refractivity (Wildman–Crippen MR) is 70.6 cm³/mol. The average Bonchev–Trinajstić information content (AvgIpc) is 2.29. The number of hydrogen-bond donors (Lipinski definition) is 0. The van der Waals surface area contributed by atoms with Gasteiger partial charge in [-0.15, -0.1) is 0 Å². The molecule has 3 nitrogen and oxygen atoms in total. The van der Waals surface area contributed by atoms with Gasteiger partial charge in [-0.3, -0.25) is 4.79 Å². The third-order valence-corrected chi connectivity index (χ3v) is 2.90. The van der Waals surface area contributed by atoms with Crippen molar-refractivity contribution < 1.29 is 4.79 Å². The van der Waals surface area contributed by atoms with E-state index < -0.39 is 0 Å². The third kappa shape index (κ3) is 3.43. The number of halogens is 1. The molecular formula is C13H19ClN2O. The van der Waals surface area contributed by atoms with Crippen LogP contribution in [0, 0.1) is 0 Å². The fourth-order valence-electron chi connectivity index (χ4n) is 1.63. The number of rotatable bonds is 4. The number of nitrogens with zero attached hydrogens (tertiary/aromatic N) is 2. The van der Waals surface area contributed by atoms with Gasteiger partial charge < -0.3 is 4.90 Å². The second-order valence-electron chi connectivity index (χ2n) is 4.24. The van der Waals surface area contributed by atoms with Gasteiger partial charge in [-0.2, -0.15) is 0 Å². The Bertz CT molecular complexity index is 400. The van der Waals surface area contributed by atoms with E-state index in [1.54, 1.807) is 11.0 Å². The molecule has 0 aliphatic carbocycles. The number of carbonyl (C=O) groups excluding carboxylic acids is 1. The van der Waals surface area contributed by atoms with Gasteiger partial charge in [0.2, 0.25) is 0 Å². The summed E-state index contributed by atoms with van der Waals surface area (Å²) in [5.74, 6) is 0.276. The van der Waals surface area contributed by atoms with Crippen LogP contribution in [-0.4, -0.2) is 28.9 Å². The van der Waals surface area contributed by atoms with Crippen molar-refractivity contribution in [3.05, 3.63) is 28.5 Å². The fourth-order valence-corrected chi connectivity index (χ4v) is 1.84. The Morgan fingerprint density at radius 1 is 1.35 bits per heavy atom. The van der Waals surface area contributed by atoms with E-state index in [2.05, 4.69) is 4.98 Å². The van der Waals surface area contributed by atoms with Gasteiger partial charge in [0.15, 0.2) is 0 Å². The van der Waals surface area contributed by atoms with Gasteiger partial charge in [-0.05, 0) is 31.9 Å². The zero-order chi connectivity index (χ0) is 13.0. The molecule has 17 heavy (non-hydrogen) atoms. The molecule has 0 fully saturated rings. The molecule has 0 saturated heterocycles. The highest BCUT2D eigenvalue weighted by molar-refractivity contribution is 6.29. The summed E-state index contributed by atoms with van der Waals surface area (Å²) in [6, 6.07) is 3.46. The lowest BCUT2D eigenvalue weighted by Gasteiger charge is -2.19. The molecule has 0 radical (unpaired) electrons. The number of pyridine rings is 1. The van der Waals surface area contributed by atoms with Crippen molar-refractivity contribution in [1.82, 2.24) is 9.88 Å². The van der Waals surface area contributed by atoms with Crippen LogP contribution >= 0.6 is 11.6 Å². The molecule has 0 atom stereocenters. The predicted octanol–water partition coefficient (Wildman–Crippen LogP) is 3.34. The summed E-state index contributed by atoms with van der Waals surface area (Å²) in [5, 5.41) is 0.381. The molecule has 1 heterocycles. The molecule has 1 aromatic heterocycles. The third-order valence-electron chi connectivity index (χ3n) is 2.70. The topological polar surface area (TPSA) is 33.2 Å². The highest BCUT2D eigenvalue weighted by atomic mass is 35.5. The van der Waals surface area contributed by atoms with E-state index in [0.717, 1.165) is 5.69 Å². The quantitative estimate of drug-likeness (QED) is 0.772. The van der Waals surface area contributed by atoms with E-state index >= 15 is 0 Å². The summed E-state index contributed by atoms with van der Waals surface area (Å²) < 4.78 is 0. The van der Waals surface area contributed by atoms with Crippen LogP contribution in [0.4, 0.5) is 0 Å². The molecule has 1 rings (SSSR count). The second-order valence-corrected chi connectivity index (χ2v) is 4.62. The molecular weight excluding hydrogens is 236 g/mol. The summed E-state index contributed by atoms with van der Waals surface area (Å²) in [5.41, 5.74) is 1.48. The zero-order valence-electron chi connectivity index (χ0n) is 10.8. The molecule has 4 heteroatoms. The van der Waals surface area contributed by atoms with Crippen LogP contribution in [-0.2, 0) is 0 Å². The molecule has 0 saturated carbocycles. The van der Waals surface area contributed by atoms with Crippen molar-refractivity contribution >= 4 is 17.5 Å². The minimum Gasteiger partial charge on any atom is -0.339 e. The van der Waals surface area contributed by atoms with E-state index in [-0.39, 0.29) is 11.8 Å². The van der Waals surface area contributed by atoms with Gasteiger partial charge in [0, 0.05) is 24.3 Å². The van der Waals surface area contributed by atoms with Crippen LogP contribution in [0.5, 0.6) is 0 Å². The van der Waals surface area contributed by atoms with Crippen LogP contribution in [0.1, 0.15) is 49.7 Å². The number of hydrogen-bond acceptors (Lipinski definition) is 2. The standard InChI is InChI=1S/C13H19ClN2O/c1-5-16(6-2)13(17)10-7-11(9(3)4)15-12(14)8-10/h7-9H,5-6H2,1-4H3. The normalized spacial score (nSPS) is 10.7. The second kappa shape index (κ2) is 6.01. The van der Waals surface area contributed by atoms with E-state index in [1.165, 1.54) is 0 Å². The lowest BCUT2D eigenvalue weighted by atomic mass is 10.1. The number of carbonyl (C=O) groups is 1. The van der Waals surface area contributed by atoms with E-state index in [1.807, 2.05) is 33.8 Å². The minimum absolute atomic E-state index is 0.0150. The monoisotopic (exact) mass is 254 g/mol. The lowest BCUT2D eigenvalue weighted by Crippen LogP contribution is -2.30. The van der Waals surface area contributed by atoms with E-state index in [4.69, 9.17) is 11.6 Å². The molecule has 0 bridgehead atoms. The van der Waals surface area contributed by atoms with Crippen LogP contribution in [0.15, 0.2) is 12.1 Å². The average molecular weight is 255 g/mol. The van der Waals surface area contributed by atoms with Crippen LogP contribution in [0.25, 0.3) is 0 Å². The summed E-state index contributed by atoms with van der Waals surface area (Å²) in [6.45, 7) is 9.40. The molecule has 0 aliphatic heterocycles.